The number of thiocarbonyl (C=S) groups is 1. The standard InChI is InChI=1S/C13H14N2OS2/c1-8-9(2)18-12(15-8)7-16-11-5-3-10(4-6-11)13(14)17/h3-6H,7H2,1-2H3,(H2,14,17). The predicted molar refractivity (Wildman–Crippen MR) is 78.2 cm³/mol. The van der Waals surface area contributed by atoms with Crippen LogP contribution in [-0.4, -0.2) is 9.97 Å². The normalized spacial score (nSPS) is 10.3. The van der Waals surface area contributed by atoms with Crippen molar-refractivity contribution >= 4 is 28.5 Å². The van der Waals surface area contributed by atoms with E-state index in [-0.39, 0.29) is 0 Å². The highest BCUT2D eigenvalue weighted by Crippen LogP contribution is 2.19. The van der Waals surface area contributed by atoms with E-state index in [9.17, 15) is 0 Å². The Morgan fingerprint density at radius 2 is 2.00 bits per heavy atom. The van der Waals surface area contributed by atoms with Crippen molar-refractivity contribution in [1.29, 1.82) is 0 Å². The largest absolute Gasteiger partial charge is 0.486 e. The summed E-state index contributed by atoms with van der Waals surface area (Å²) in [6, 6.07) is 7.44. The molecule has 2 rings (SSSR count). The highest BCUT2D eigenvalue weighted by Gasteiger charge is 2.04. The van der Waals surface area contributed by atoms with Crippen LogP contribution in [-0.2, 0) is 6.61 Å². The topological polar surface area (TPSA) is 48.1 Å². The van der Waals surface area contributed by atoms with Crippen LogP contribution in [0.3, 0.4) is 0 Å². The molecule has 5 heteroatoms. The highest BCUT2D eigenvalue weighted by molar-refractivity contribution is 7.80. The Hall–Kier alpha value is -1.46. The molecule has 2 aromatic rings. The third-order valence-electron chi connectivity index (χ3n) is 2.57. The fourth-order valence-corrected chi connectivity index (χ4v) is 2.44. The van der Waals surface area contributed by atoms with Gasteiger partial charge in [-0.05, 0) is 38.1 Å². The molecule has 3 nitrogen and oxygen atoms in total. The van der Waals surface area contributed by atoms with Gasteiger partial charge in [0.25, 0.3) is 0 Å². The summed E-state index contributed by atoms with van der Waals surface area (Å²) in [6.45, 7) is 4.56. The summed E-state index contributed by atoms with van der Waals surface area (Å²) in [7, 11) is 0. The third-order valence-corrected chi connectivity index (χ3v) is 3.86. The van der Waals surface area contributed by atoms with Gasteiger partial charge in [-0.1, -0.05) is 12.2 Å². The minimum Gasteiger partial charge on any atom is -0.486 e. The number of thiazole rings is 1. The first-order chi connectivity index (χ1) is 8.56. The molecule has 18 heavy (non-hydrogen) atoms. The van der Waals surface area contributed by atoms with Crippen molar-refractivity contribution in [2.75, 3.05) is 0 Å². The van der Waals surface area contributed by atoms with Crippen LogP contribution < -0.4 is 10.5 Å². The van der Waals surface area contributed by atoms with Crippen molar-refractivity contribution in [1.82, 2.24) is 4.98 Å². The van der Waals surface area contributed by atoms with Gasteiger partial charge in [0.15, 0.2) is 0 Å². The van der Waals surface area contributed by atoms with Gasteiger partial charge in [0.05, 0.1) is 5.69 Å². The monoisotopic (exact) mass is 278 g/mol. The lowest BCUT2D eigenvalue weighted by Gasteiger charge is -2.04. The van der Waals surface area contributed by atoms with Crippen molar-refractivity contribution in [2.24, 2.45) is 5.73 Å². The van der Waals surface area contributed by atoms with Gasteiger partial charge in [-0.25, -0.2) is 4.98 Å². The summed E-state index contributed by atoms with van der Waals surface area (Å²) in [4.78, 5) is 6.05. The Kier molecular flexibility index (Phi) is 3.93. The molecule has 0 fully saturated rings. The van der Waals surface area contributed by atoms with Crippen molar-refractivity contribution < 1.29 is 4.74 Å². The van der Waals surface area contributed by atoms with Gasteiger partial charge in [-0.3, -0.25) is 0 Å². The van der Waals surface area contributed by atoms with Crippen LogP contribution >= 0.6 is 23.6 Å². The fraction of sp³-hybridized carbons (Fsp3) is 0.231. The zero-order valence-corrected chi connectivity index (χ0v) is 11.9. The zero-order valence-electron chi connectivity index (χ0n) is 10.3. The number of aromatic nitrogens is 1. The van der Waals surface area contributed by atoms with Crippen LogP contribution in [0.25, 0.3) is 0 Å². The first-order valence-corrected chi connectivity index (χ1v) is 6.74. The summed E-state index contributed by atoms with van der Waals surface area (Å²) >= 11 is 6.56. The first kappa shape index (κ1) is 13.0. The molecule has 0 saturated heterocycles. The Balaban J connectivity index is 2.00. The molecule has 0 atom stereocenters. The van der Waals surface area contributed by atoms with E-state index in [1.54, 1.807) is 11.3 Å². The van der Waals surface area contributed by atoms with E-state index in [0.29, 0.717) is 11.6 Å². The molecule has 0 amide bonds. The molecular weight excluding hydrogens is 264 g/mol. The van der Waals surface area contributed by atoms with Crippen LogP contribution in [0.15, 0.2) is 24.3 Å². The molecule has 0 aliphatic carbocycles. The van der Waals surface area contributed by atoms with Crippen LogP contribution in [0, 0.1) is 13.8 Å². The molecule has 0 aliphatic heterocycles. The number of hydrogen-bond acceptors (Lipinski definition) is 4. The molecule has 0 spiro atoms. The fourth-order valence-electron chi connectivity index (χ4n) is 1.46. The van der Waals surface area contributed by atoms with E-state index < -0.39 is 0 Å². The summed E-state index contributed by atoms with van der Waals surface area (Å²) in [5, 5.41) is 0.989. The maximum Gasteiger partial charge on any atom is 0.140 e. The number of benzene rings is 1. The minimum atomic E-state index is 0.396. The number of hydrogen-bond donors (Lipinski definition) is 1. The van der Waals surface area contributed by atoms with Crippen LogP contribution in [0.5, 0.6) is 5.75 Å². The molecule has 0 saturated carbocycles. The van der Waals surface area contributed by atoms with Gasteiger partial charge in [0.1, 0.15) is 22.4 Å². The quantitative estimate of drug-likeness (QED) is 0.874. The Bertz CT molecular complexity index is 541. The smallest absolute Gasteiger partial charge is 0.140 e. The van der Waals surface area contributed by atoms with Crippen molar-refractivity contribution in [3.63, 3.8) is 0 Å². The average molecular weight is 278 g/mol. The first-order valence-electron chi connectivity index (χ1n) is 5.52. The summed E-state index contributed by atoms with van der Waals surface area (Å²) in [5.41, 5.74) is 7.45. The average Bonchev–Trinajstić information content (AvgIpc) is 2.67. The molecule has 2 N–H and O–H groups in total. The van der Waals surface area contributed by atoms with Gasteiger partial charge in [0.2, 0.25) is 0 Å². The Morgan fingerprint density at radius 1 is 1.33 bits per heavy atom. The number of nitrogens with two attached hydrogens (primary N) is 1. The van der Waals surface area contributed by atoms with E-state index in [0.717, 1.165) is 22.0 Å². The third kappa shape index (κ3) is 3.05. The molecule has 94 valence electrons. The molecule has 0 aliphatic rings. The maximum absolute atomic E-state index is 5.66. The number of ether oxygens (including phenoxy) is 1. The van der Waals surface area contributed by atoms with E-state index in [1.807, 2.05) is 31.2 Å². The maximum atomic E-state index is 5.66. The second-order valence-corrected chi connectivity index (χ2v) is 5.65. The van der Waals surface area contributed by atoms with Crippen molar-refractivity contribution in [3.8, 4) is 5.75 Å². The number of rotatable bonds is 4. The second kappa shape index (κ2) is 5.46. The van der Waals surface area contributed by atoms with Gasteiger partial charge >= 0.3 is 0 Å². The van der Waals surface area contributed by atoms with Crippen LogP contribution in [0.2, 0.25) is 0 Å². The molecule has 1 aromatic carbocycles. The van der Waals surface area contributed by atoms with E-state index >= 15 is 0 Å². The lowest BCUT2D eigenvalue weighted by molar-refractivity contribution is 0.305. The lowest BCUT2D eigenvalue weighted by atomic mass is 10.2. The molecular formula is C13H14N2OS2. The van der Waals surface area contributed by atoms with E-state index in [4.69, 9.17) is 22.7 Å². The molecule has 1 aromatic heterocycles. The van der Waals surface area contributed by atoms with Crippen LogP contribution in [0.4, 0.5) is 0 Å². The van der Waals surface area contributed by atoms with Gasteiger partial charge in [-0.2, -0.15) is 0 Å². The Morgan fingerprint density at radius 3 is 2.50 bits per heavy atom. The van der Waals surface area contributed by atoms with Crippen molar-refractivity contribution in [2.45, 2.75) is 20.5 Å². The second-order valence-electron chi connectivity index (χ2n) is 3.93. The van der Waals surface area contributed by atoms with E-state index in [2.05, 4.69) is 11.9 Å². The molecule has 0 bridgehead atoms. The number of aryl methyl sites for hydroxylation is 2. The SMILES string of the molecule is Cc1nc(COc2ccc(C(N)=S)cc2)sc1C. The van der Waals surface area contributed by atoms with Gasteiger partial charge in [-0.15, -0.1) is 11.3 Å². The minimum absolute atomic E-state index is 0.396. The molecule has 0 radical (unpaired) electrons. The summed E-state index contributed by atoms with van der Waals surface area (Å²) in [5.74, 6) is 0.792. The lowest BCUT2D eigenvalue weighted by Crippen LogP contribution is -2.08. The van der Waals surface area contributed by atoms with Gasteiger partial charge in [0, 0.05) is 10.4 Å². The Labute approximate surface area is 116 Å². The molecule has 0 unspecified atom stereocenters. The summed E-state index contributed by atoms with van der Waals surface area (Å²) < 4.78 is 5.66. The zero-order chi connectivity index (χ0) is 13.1. The van der Waals surface area contributed by atoms with E-state index in [1.165, 1.54) is 4.88 Å². The highest BCUT2D eigenvalue weighted by atomic mass is 32.1. The van der Waals surface area contributed by atoms with Crippen molar-refractivity contribution in [3.05, 3.63) is 45.4 Å². The predicted octanol–water partition coefficient (Wildman–Crippen LogP) is 2.97. The van der Waals surface area contributed by atoms with Crippen LogP contribution in [0.1, 0.15) is 21.1 Å². The van der Waals surface area contributed by atoms with Gasteiger partial charge < -0.3 is 10.5 Å². The molecule has 1 heterocycles. The number of nitrogens with zero attached hydrogens (tertiary/aromatic N) is 1. The summed E-state index contributed by atoms with van der Waals surface area (Å²) in [6.07, 6.45) is 0.